The second kappa shape index (κ2) is 10.8. The van der Waals surface area contributed by atoms with Crippen molar-refractivity contribution < 1.29 is 27.5 Å². The summed E-state index contributed by atoms with van der Waals surface area (Å²) in [5.74, 6) is -2.37. The molecule has 1 saturated carbocycles. The van der Waals surface area contributed by atoms with Crippen molar-refractivity contribution in [1.29, 1.82) is 0 Å². The first-order valence-electron chi connectivity index (χ1n) is 14.1. The molecule has 222 valence electrons. The number of anilines is 1. The van der Waals surface area contributed by atoms with Crippen molar-refractivity contribution in [2.75, 3.05) is 31.1 Å². The molecule has 2 N–H and O–H groups in total. The highest BCUT2D eigenvalue weighted by Crippen LogP contribution is 2.43. The molecule has 0 radical (unpaired) electrons. The Kier molecular flexibility index (Phi) is 7.47. The Labute approximate surface area is 248 Å². The van der Waals surface area contributed by atoms with Gasteiger partial charge in [0.05, 0.1) is 15.8 Å². The van der Waals surface area contributed by atoms with Crippen LogP contribution < -0.4 is 4.90 Å². The van der Waals surface area contributed by atoms with Crippen molar-refractivity contribution >= 4 is 33.2 Å². The molecule has 1 heterocycles. The van der Waals surface area contributed by atoms with E-state index >= 15 is 0 Å². The number of sulfone groups is 1. The van der Waals surface area contributed by atoms with E-state index in [4.69, 9.17) is 0 Å². The predicted molar refractivity (Wildman–Crippen MR) is 160 cm³/mol. The minimum absolute atomic E-state index is 0.163. The summed E-state index contributed by atoms with van der Waals surface area (Å²) in [7, 11) is -3.52. The average molecular weight is 614 g/mol. The standard InChI is InChI=1S/C31H33F2N3O4S2/c1-31(2)9-7-20(8-10-31)42(39,40)21-4-6-23-22-5-3-19(15-24(22)30(34-38)25(23)16-21)41-36-13-11-35(12-14-36)28-17-26(32)27(33)18-29(28)37/h3-6,15-18,20,37-38H,7-14H2,1-2H3/b34-30-. The fourth-order valence-electron chi connectivity index (χ4n) is 6.22. The Morgan fingerprint density at radius 2 is 1.50 bits per heavy atom. The first-order valence-corrected chi connectivity index (χ1v) is 16.4. The minimum Gasteiger partial charge on any atom is -0.506 e. The fraction of sp³-hybridized carbons (Fsp3) is 0.387. The molecular formula is C31H33F2N3O4S2. The van der Waals surface area contributed by atoms with Gasteiger partial charge < -0.3 is 15.2 Å². The van der Waals surface area contributed by atoms with Gasteiger partial charge >= 0.3 is 0 Å². The van der Waals surface area contributed by atoms with Crippen molar-refractivity contribution in [1.82, 2.24) is 4.31 Å². The Morgan fingerprint density at radius 1 is 0.881 bits per heavy atom. The van der Waals surface area contributed by atoms with Crippen LogP contribution in [0.15, 0.2) is 63.5 Å². The Hall–Kier alpha value is -3.15. The number of aromatic hydroxyl groups is 1. The Morgan fingerprint density at radius 3 is 2.17 bits per heavy atom. The van der Waals surface area contributed by atoms with E-state index in [1.54, 1.807) is 12.1 Å². The molecule has 3 aliphatic rings. The van der Waals surface area contributed by atoms with Crippen LogP contribution in [0, 0.1) is 17.0 Å². The lowest BCUT2D eigenvalue weighted by molar-refractivity contribution is 0.246. The van der Waals surface area contributed by atoms with E-state index in [9.17, 15) is 27.5 Å². The molecule has 1 saturated heterocycles. The Balaban J connectivity index is 1.17. The number of nitrogens with zero attached hydrogens (tertiary/aromatic N) is 3. The third kappa shape index (κ3) is 5.26. The van der Waals surface area contributed by atoms with Crippen LogP contribution in [0.2, 0.25) is 0 Å². The number of rotatable bonds is 5. The topological polar surface area (TPSA) is 93.4 Å². The van der Waals surface area contributed by atoms with Crippen LogP contribution >= 0.6 is 11.9 Å². The fourth-order valence-corrected chi connectivity index (χ4v) is 8.94. The predicted octanol–water partition coefficient (Wildman–Crippen LogP) is 6.45. The monoisotopic (exact) mass is 613 g/mol. The van der Waals surface area contributed by atoms with Crippen molar-refractivity contribution in [2.24, 2.45) is 10.6 Å². The van der Waals surface area contributed by atoms with E-state index in [-0.39, 0.29) is 21.7 Å². The van der Waals surface area contributed by atoms with E-state index in [0.717, 1.165) is 46.6 Å². The maximum Gasteiger partial charge on any atom is 0.181 e. The molecule has 0 atom stereocenters. The number of phenols is 1. The zero-order valence-electron chi connectivity index (χ0n) is 23.5. The molecular weight excluding hydrogens is 580 g/mol. The highest BCUT2D eigenvalue weighted by atomic mass is 32.2. The number of halogens is 2. The minimum atomic E-state index is -3.52. The molecule has 0 bridgehead atoms. The largest absolute Gasteiger partial charge is 0.506 e. The van der Waals surface area contributed by atoms with Crippen LogP contribution in [0.3, 0.4) is 0 Å². The van der Waals surface area contributed by atoms with Crippen LogP contribution in [0.1, 0.15) is 50.7 Å². The first-order chi connectivity index (χ1) is 20.0. The molecule has 42 heavy (non-hydrogen) atoms. The molecule has 11 heteroatoms. The second-order valence-electron chi connectivity index (χ2n) is 12.0. The molecule has 7 nitrogen and oxygen atoms in total. The van der Waals surface area contributed by atoms with Crippen molar-refractivity contribution in [2.45, 2.75) is 54.6 Å². The second-order valence-corrected chi connectivity index (χ2v) is 15.4. The highest BCUT2D eigenvalue weighted by molar-refractivity contribution is 7.97. The summed E-state index contributed by atoms with van der Waals surface area (Å²) in [6.07, 6.45) is 3.04. The summed E-state index contributed by atoms with van der Waals surface area (Å²) < 4.78 is 56.4. The van der Waals surface area contributed by atoms with Crippen molar-refractivity contribution in [3.05, 3.63) is 71.3 Å². The zero-order valence-corrected chi connectivity index (χ0v) is 25.1. The van der Waals surface area contributed by atoms with Gasteiger partial charge in [-0.05, 0) is 78.4 Å². The maximum atomic E-state index is 13.8. The van der Waals surface area contributed by atoms with E-state index in [2.05, 4.69) is 23.3 Å². The number of oxime groups is 1. The summed E-state index contributed by atoms with van der Waals surface area (Å²) >= 11 is 1.53. The third-order valence-electron chi connectivity index (χ3n) is 8.77. The number of hydrogen-bond acceptors (Lipinski definition) is 8. The van der Waals surface area contributed by atoms with Crippen LogP contribution in [-0.2, 0) is 9.84 Å². The molecule has 0 spiro atoms. The molecule has 0 amide bonds. The molecule has 0 aromatic heterocycles. The molecule has 3 aromatic carbocycles. The van der Waals surface area contributed by atoms with Gasteiger partial charge in [0.15, 0.2) is 21.5 Å². The molecule has 6 rings (SSSR count). The molecule has 1 aliphatic heterocycles. The number of phenolic OH excluding ortho intramolecular Hbond substituents is 1. The van der Waals surface area contributed by atoms with Crippen molar-refractivity contribution in [3.8, 4) is 16.9 Å². The normalized spacial score (nSPS) is 20.1. The van der Waals surface area contributed by atoms with Gasteiger partial charge in [-0.1, -0.05) is 31.1 Å². The van der Waals surface area contributed by atoms with Gasteiger partial charge in [0, 0.05) is 54.3 Å². The van der Waals surface area contributed by atoms with E-state index < -0.39 is 26.7 Å². The van der Waals surface area contributed by atoms with E-state index in [1.807, 2.05) is 29.2 Å². The average Bonchev–Trinajstić information content (AvgIpc) is 3.27. The van der Waals surface area contributed by atoms with Gasteiger partial charge in [0.25, 0.3) is 0 Å². The highest BCUT2D eigenvalue weighted by Gasteiger charge is 2.36. The van der Waals surface area contributed by atoms with E-state index in [1.165, 1.54) is 11.9 Å². The van der Waals surface area contributed by atoms with E-state index in [0.29, 0.717) is 50.3 Å². The zero-order chi connectivity index (χ0) is 29.8. The van der Waals surface area contributed by atoms with Gasteiger partial charge in [0.1, 0.15) is 11.5 Å². The smallest absolute Gasteiger partial charge is 0.181 e. The van der Waals surface area contributed by atoms with Gasteiger partial charge in [-0.15, -0.1) is 0 Å². The SMILES string of the molecule is CC1(C)CCC(S(=O)(=O)c2ccc3c(c2)/C(=N\O)c2cc(SN4CCN(c5cc(F)c(F)cc5O)CC4)ccc2-3)CC1. The number of hydrogen-bond donors (Lipinski definition) is 2. The quantitative estimate of drug-likeness (QED) is 0.152. The lowest BCUT2D eigenvalue weighted by Crippen LogP contribution is -2.43. The summed E-state index contributed by atoms with van der Waals surface area (Å²) in [5.41, 5.74) is 3.83. The third-order valence-corrected chi connectivity index (χ3v) is 12.1. The number of benzene rings is 3. The van der Waals surface area contributed by atoms with Gasteiger partial charge in [0.2, 0.25) is 0 Å². The molecule has 2 aliphatic carbocycles. The van der Waals surface area contributed by atoms with Crippen LogP contribution in [0.5, 0.6) is 5.75 Å². The van der Waals surface area contributed by atoms with Crippen LogP contribution in [0.4, 0.5) is 14.5 Å². The van der Waals surface area contributed by atoms with Gasteiger partial charge in [-0.2, -0.15) is 0 Å². The van der Waals surface area contributed by atoms with Gasteiger partial charge in [-0.25, -0.2) is 21.5 Å². The van der Waals surface area contributed by atoms with Crippen LogP contribution in [0.25, 0.3) is 11.1 Å². The van der Waals surface area contributed by atoms with Gasteiger partial charge in [-0.3, -0.25) is 0 Å². The summed E-state index contributed by atoms with van der Waals surface area (Å²) in [6, 6.07) is 12.8. The molecule has 3 aromatic rings. The summed E-state index contributed by atoms with van der Waals surface area (Å²) in [4.78, 5) is 3.01. The summed E-state index contributed by atoms with van der Waals surface area (Å²) in [5, 5.41) is 23.3. The lowest BCUT2D eigenvalue weighted by atomic mass is 9.77. The van der Waals surface area contributed by atoms with Crippen LogP contribution in [-0.4, -0.2) is 60.2 Å². The number of piperazine rings is 1. The lowest BCUT2D eigenvalue weighted by Gasteiger charge is -2.35. The summed E-state index contributed by atoms with van der Waals surface area (Å²) in [6.45, 7) is 6.62. The molecule has 2 fully saturated rings. The Bertz CT molecular complexity index is 1680. The van der Waals surface area contributed by atoms with Crippen molar-refractivity contribution in [3.63, 3.8) is 0 Å². The molecule has 0 unspecified atom stereocenters. The first kappa shape index (κ1) is 28.9. The number of fused-ring (bicyclic) bond motifs is 3. The maximum absolute atomic E-state index is 13.8.